The second kappa shape index (κ2) is 11.1. The molecule has 2 aromatic carbocycles. The van der Waals surface area contributed by atoms with Crippen molar-refractivity contribution in [2.24, 2.45) is 5.10 Å². The second-order valence-electron chi connectivity index (χ2n) is 5.79. The Morgan fingerprint density at radius 1 is 1.14 bits per heavy atom. The summed E-state index contributed by atoms with van der Waals surface area (Å²) in [7, 11) is 1.29. The number of benzene rings is 2. The maximum absolute atomic E-state index is 12.0. The average Bonchev–Trinajstić information content (AvgIpc) is 2.70. The van der Waals surface area contributed by atoms with Gasteiger partial charge in [0.05, 0.1) is 19.9 Å². The predicted octanol–water partition coefficient (Wildman–Crippen LogP) is 3.86. The Morgan fingerprint density at radius 3 is 2.62 bits per heavy atom. The Labute approximate surface area is 177 Å². The summed E-state index contributed by atoms with van der Waals surface area (Å²) in [5, 5.41) is 6.63. The summed E-state index contributed by atoms with van der Waals surface area (Å²) in [4.78, 5) is 23.2. The lowest BCUT2D eigenvalue weighted by molar-refractivity contribution is -0.142. The van der Waals surface area contributed by atoms with E-state index in [-0.39, 0.29) is 6.61 Å². The van der Waals surface area contributed by atoms with Gasteiger partial charge in [-0.05, 0) is 61.4 Å². The van der Waals surface area contributed by atoms with Crippen LogP contribution in [-0.2, 0) is 9.53 Å². The van der Waals surface area contributed by atoms with Crippen molar-refractivity contribution in [3.63, 3.8) is 0 Å². The largest absolute Gasteiger partial charge is 0.490 e. The molecule has 0 saturated carbocycles. The summed E-state index contributed by atoms with van der Waals surface area (Å²) in [6, 6.07) is 10.1. The lowest BCUT2D eigenvalue weighted by Gasteiger charge is -2.11. The number of rotatable bonds is 8. The van der Waals surface area contributed by atoms with Crippen LogP contribution in [0.4, 0.5) is 10.5 Å². The maximum Gasteiger partial charge on any atom is 0.343 e. The number of ether oxygens (including phenoxy) is 3. The number of halogens is 1. The van der Waals surface area contributed by atoms with E-state index < -0.39 is 12.0 Å². The van der Waals surface area contributed by atoms with Crippen molar-refractivity contribution >= 4 is 39.8 Å². The van der Waals surface area contributed by atoms with Gasteiger partial charge in [-0.2, -0.15) is 5.10 Å². The number of anilines is 1. The minimum absolute atomic E-state index is 0.221. The summed E-state index contributed by atoms with van der Waals surface area (Å²) in [5.74, 6) is 0.370. The molecule has 2 N–H and O–H groups in total. The maximum atomic E-state index is 12.0. The Balaban J connectivity index is 1.97. The number of hydrogen-bond acceptors (Lipinski definition) is 6. The smallest absolute Gasteiger partial charge is 0.343 e. The van der Waals surface area contributed by atoms with E-state index in [9.17, 15) is 9.59 Å². The van der Waals surface area contributed by atoms with Crippen LogP contribution >= 0.6 is 15.9 Å². The number of hydrazone groups is 1. The van der Waals surface area contributed by atoms with Crippen molar-refractivity contribution in [3.8, 4) is 11.5 Å². The third kappa shape index (κ3) is 7.11. The summed E-state index contributed by atoms with van der Waals surface area (Å²) in [6.45, 7) is 3.96. The number of urea groups is 1. The first-order valence-corrected chi connectivity index (χ1v) is 9.55. The number of methoxy groups -OCH3 is 1. The van der Waals surface area contributed by atoms with Gasteiger partial charge in [0.1, 0.15) is 0 Å². The number of hydrogen-bond donors (Lipinski definition) is 2. The van der Waals surface area contributed by atoms with Crippen LogP contribution in [0.3, 0.4) is 0 Å². The van der Waals surface area contributed by atoms with Crippen LogP contribution in [0, 0.1) is 6.92 Å². The molecule has 29 heavy (non-hydrogen) atoms. The Hall–Kier alpha value is -3.07. The fraction of sp³-hybridized carbons (Fsp3) is 0.250. The van der Waals surface area contributed by atoms with Crippen molar-refractivity contribution in [2.75, 3.05) is 25.6 Å². The third-order valence-corrected chi connectivity index (χ3v) is 4.53. The quantitative estimate of drug-likeness (QED) is 0.351. The highest BCUT2D eigenvalue weighted by atomic mass is 79.9. The molecule has 0 radical (unpaired) electrons. The summed E-state index contributed by atoms with van der Waals surface area (Å²) < 4.78 is 16.4. The normalized spacial score (nSPS) is 10.5. The fourth-order valence-electron chi connectivity index (χ4n) is 2.24. The van der Waals surface area contributed by atoms with Crippen LogP contribution in [0.1, 0.15) is 18.1 Å². The molecule has 0 bridgehead atoms. The van der Waals surface area contributed by atoms with Gasteiger partial charge in [-0.1, -0.05) is 15.9 Å². The molecule has 9 heteroatoms. The minimum atomic E-state index is -0.491. The summed E-state index contributed by atoms with van der Waals surface area (Å²) in [5.41, 5.74) is 4.74. The number of carbonyl (C=O) groups is 2. The van der Waals surface area contributed by atoms with Crippen LogP contribution < -0.4 is 20.2 Å². The number of amides is 2. The number of aryl methyl sites for hydroxylation is 1. The minimum Gasteiger partial charge on any atom is -0.490 e. The molecule has 0 atom stereocenters. The Kier molecular flexibility index (Phi) is 8.47. The van der Waals surface area contributed by atoms with E-state index in [0.29, 0.717) is 29.4 Å². The van der Waals surface area contributed by atoms with Gasteiger partial charge in [0.25, 0.3) is 0 Å². The lowest BCUT2D eigenvalue weighted by atomic mass is 10.2. The van der Waals surface area contributed by atoms with E-state index in [4.69, 9.17) is 9.47 Å². The molecule has 154 valence electrons. The van der Waals surface area contributed by atoms with Gasteiger partial charge in [-0.3, -0.25) is 0 Å². The van der Waals surface area contributed by atoms with Gasteiger partial charge < -0.3 is 19.5 Å². The van der Waals surface area contributed by atoms with Crippen LogP contribution in [0.15, 0.2) is 46.0 Å². The van der Waals surface area contributed by atoms with Gasteiger partial charge >= 0.3 is 12.0 Å². The molecule has 0 fully saturated rings. The molecule has 8 nitrogen and oxygen atoms in total. The zero-order valence-electron chi connectivity index (χ0n) is 16.3. The molecule has 0 spiro atoms. The van der Waals surface area contributed by atoms with Crippen molar-refractivity contribution in [3.05, 3.63) is 52.0 Å². The molecule has 2 amide bonds. The van der Waals surface area contributed by atoms with Crippen molar-refractivity contribution in [2.45, 2.75) is 13.8 Å². The van der Waals surface area contributed by atoms with E-state index in [1.807, 2.05) is 26.0 Å². The topological polar surface area (TPSA) is 98.3 Å². The van der Waals surface area contributed by atoms with E-state index in [2.05, 4.69) is 36.5 Å². The van der Waals surface area contributed by atoms with Gasteiger partial charge in [0, 0.05) is 10.2 Å². The predicted molar refractivity (Wildman–Crippen MR) is 114 cm³/mol. The number of esters is 1. The number of nitrogens with one attached hydrogen (secondary N) is 2. The first kappa shape index (κ1) is 22.2. The van der Waals surface area contributed by atoms with E-state index in [1.54, 1.807) is 24.3 Å². The van der Waals surface area contributed by atoms with E-state index in [0.717, 1.165) is 10.0 Å². The zero-order chi connectivity index (χ0) is 21.2. The van der Waals surface area contributed by atoms with Crippen LogP contribution in [-0.4, -0.2) is 38.5 Å². The van der Waals surface area contributed by atoms with Crippen molar-refractivity contribution in [1.82, 2.24) is 5.43 Å². The molecular formula is C20H22BrN3O5. The first-order chi connectivity index (χ1) is 13.9. The van der Waals surface area contributed by atoms with Crippen molar-refractivity contribution in [1.29, 1.82) is 0 Å². The first-order valence-electron chi connectivity index (χ1n) is 8.75. The monoisotopic (exact) mass is 463 g/mol. The standard InChI is InChI=1S/C20H22BrN3O5/c1-4-28-18-10-14(5-8-17(18)29-12-19(25)27-3)11-22-24-20(26)23-15-6-7-16(21)13(2)9-15/h5-11H,4,12H2,1-3H3,(H2,23,24,26)/b22-11+. The zero-order valence-corrected chi connectivity index (χ0v) is 17.9. The van der Waals surface area contributed by atoms with E-state index in [1.165, 1.54) is 13.3 Å². The summed E-state index contributed by atoms with van der Waals surface area (Å²) in [6.07, 6.45) is 1.47. The van der Waals surface area contributed by atoms with Gasteiger partial charge in [0.2, 0.25) is 0 Å². The molecular weight excluding hydrogens is 442 g/mol. The SMILES string of the molecule is CCOc1cc(/C=N/NC(=O)Nc2ccc(Br)c(C)c2)ccc1OCC(=O)OC. The Bertz CT molecular complexity index is 902. The van der Waals surface area contributed by atoms with Gasteiger partial charge in [0.15, 0.2) is 18.1 Å². The molecule has 0 heterocycles. The number of nitrogens with zero attached hydrogens (tertiary/aromatic N) is 1. The number of carbonyl (C=O) groups excluding carboxylic acids is 2. The second-order valence-corrected chi connectivity index (χ2v) is 6.65. The molecule has 0 unspecified atom stereocenters. The fourth-order valence-corrected chi connectivity index (χ4v) is 2.48. The highest BCUT2D eigenvalue weighted by Gasteiger charge is 2.09. The third-order valence-electron chi connectivity index (χ3n) is 3.64. The lowest BCUT2D eigenvalue weighted by Crippen LogP contribution is -2.24. The molecule has 2 rings (SSSR count). The van der Waals surface area contributed by atoms with Gasteiger partial charge in [-0.15, -0.1) is 0 Å². The summed E-state index contributed by atoms with van der Waals surface area (Å²) >= 11 is 3.41. The van der Waals surface area contributed by atoms with E-state index >= 15 is 0 Å². The highest BCUT2D eigenvalue weighted by Crippen LogP contribution is 2.28. The van der Waals surface area contributed by atoms with Crippen LogP contribution in [0.25, 0.3) is 0 Å². The molecule has 0 aliphatic heterocycles. The average molecular weight is 464 g/mol. The molecule has 0 saturated heterocycles. The molecule has 2 aromatic rings. The highest BCUT2D eigenvalue weighted by molar-refractivity contribution is 9.10. The Morgan fingerprint density at radius 2 is 1.93 bits per heavy atom. The van der Waals surface area contributed by atoms with Crippen molar-refractivity contribution < 1.29 is 23.8 Å². The van der Waals surface area contributed by atoms with Gasteiger partial charge in [-0.25, -0.2) is 15.0 Å². The molecule has 0 aliphatic rings. The molecule has 0 aliphatic carbocycles. The molecule has 0 aromatic heterocycles. The van der Waals surface area contributed by atoms with Crippen LogP contribution in [0.5, 0.6) is 11.5 Å². The van der Waals surface area contributed by atoms with Crippen LogP contribution in [0.2, 0.25) is 0 Å².